The third-order valence-corrected chi connectivity index (χ3v) is 7.57. The maximum atomic E-state index is 8.52. The van der Waals surface area contributed by atoms with Gasteiger partial charge in [-0.15, -0.1) is 55.5 Å². The zero-order valence-electron chi connectivity index (χ0n) is 22.3. The summed E-state index contributed by atoms with van der Waals surface area (Å²) in [6, 6.07) is 15.8. The van der Waals surface area contributed by atoms with E-state index in [-0.39, 0.29) is 24.0 Å². The quantitative estimate of drug-likeness (QED) is 0.116. The SMILES string of the molecule is C(=N/c1n[nH]c(/N=C/c2cccs2)n1)/c1cccs1.C(=N/c1n[nH]c(/N=C/c2cccs2)n1)/c1cccs1.O=S(=O)([O-])[O-].[O-2].[V+4]. The summed E-state index contributed by atoms with van der Waals surface area (Å²) in [7, 11) is -5.17. The monoisotopic (exact) mass is 737 g/mol. The van der Waals surface area contributed by atoms with E-state index in [0.29, 0.717) is 23.8 Å². The third kappa shape index (κ3) is 15.1. The van der Waals surface area contributed by atoms with E-state index in [2.05, 4.69) is 50.3 Å². The summed E-state index contributed by atoms with van der Waals surface area (Å²) in [5.41, 5.74) is 0. The molecule has 0 aliphatic carbocycles. The summed E-state index contributed by atoms with van der Waals surface area (Å²) < 4.78 is 34.1. The van der Waals surface area contributed by atoms with Crippen molar-refractivity contribution < 1.29 is 41.6 Å². The number of H-pyrrole nitrogens is 2. The van der Waals surface area contributed by atoms with E-state index in [1.54, 1.807) is 70.2 Å². The van der Waals surface area contributed by atoms with E-state index in [1.807, 2.05) is 70.1 Å². The van der Waals surface area contributed by atoms with Crippen molar-refractivity contribution in [2.24, 2.45) is 20.0 Å². The van der Waals surface area contributed by atoms with Gasteiger partial charge in [-0.3, -0.25) is 8.42 Å². The van der Waals surface area contributed by atoms with E-state index >= 15 is 0 Å². The number of aromatic nitrogens is 6. The first-order valence-corrected chi connectivity index (χ1v) is 16.5. The molecule has 6 aromatic rings. The van der Waals surface area contributed by atoms with Crippen LogP contribution >= 0.6 is 45.3 Å². The minimum atomic E-state index is -5.17. The first-order chi connectivity index (χ1) is 20.8. The Morgan fingerprint density at radius 3 is 1.16 bits per heavy atom. The van der Waals surface area contributed by atoms with Crippen LogP contribution in [-0.4, -0.2) is 72.7 Å². The predicted molar refractivity (Wildman–Crippen MR) is 170 cm³/mol. The van der Waals surface area contributed by atoms with Crippen LogP contribution in [0.2, 0.25) is 0 Å². The van der Waals surface area contributed by atoms with Gasteiger partial charge in [0.25, 0.3) is 11.9 Å². The van der Waals surface area contributed by atoms with Gasteiger partial charge in [-0.25, -0.2) is 30.2 Å². The van der Waals surface area contributed by atoms with Gasteiger partial charge >= 0.3 is 18.6 Å². The summed E-state index contributed by atoms with van der Waals surface area (Å²) in [5.74, 6) is 1.66. The smallest absolute Gasteiger partial charge is 2.00 e. The van der Waals surface area contributed by atoms with Crippen LogP contribution in [0.5, 0.6) is 0 Å². The van der Waals surface area contributed by atoms with E-state index in [0.717, 1.165) is 19.5 Å². The van der Waals surface area contributed by atoms with Crippen LogP contribution in [0, 0.1) is 0 Å². The van der Waals surface area contributed by atoms with Crippen molar-refractivity contribution in [2.75, 3.05) is 0 Å². The molecule has 15 nitrogen and oxygen atoms in total. The van der Waals surface area contributed by atoms with Crippen molar-refractivity contribution >= 4 is 104 Å². The molecule has 0 aliphatic heterocycles. The first kappa shape index (κ1) is 37.4. The Balaban J connectivity index is 0.000000263. The van der Waals surface area contributed by atoms with Crippen molar-refractivity contribution in [3.8, 4) is 0 Å². The van der Waals surface area contributed by atoms with Crippen molar-refractivity contribution in [3.63, 3.8) is 0 Å². The number of hydrogen-bond donors (Lipinski definition) is 2. The molecule has 0 amide bonds. The molecule has 6 heterocycles. The molecule has 21 heteroatoms. The molecule has 6 aromatic heterocycles. The zero-order valence-corrected chi connectivity index (χ0v) is 27.8. The maximum Gasteiger partial charge on any atom is 4.00 e. The van der Waals surface area contributed by atoms with Gasteiger partial charge in [0.05, 0.1) is 0 Å². The van der Waals surface area contributed by atoms with Crippen LogP contribution in [0.3, 0.4) is 0 Å². The molecule has 0 atom stereocenters. The summed E-state index contributed by atoms with van der Waals surface area (Å²) in [6.45, 7) is 0. The average Bonchev–Trinajstić information content (AvgIpc) is 3.83. The van der Waals surface area contributed by atoms with Crippen LogP contribution in [-0.2, 0) is 34.4 Å². The predicted octanol–water partition coefficient (Wildman–Crippen LogP) is 5.40. The minimum Gasteiger partial charge on any atom is -2.00 e. The molecule has 6 rings (SSSR count). The third-order valence-electron chi connectivity index (χ3n) is 4.34. The van der Waals surface area contributed by atoms with E-state index in [9.17, 15) is 0 Å². The van der Waals surface area contributed by atoms with E-state index < -0.39 is 10.4 Å². The molecule has 45 heavy (non-hydrogen) atoms. The van der Waals surface area contributed by atoms with Gasteiger partial charge in [0, 0.05) is 54.8 Å². The van der Waals surface area contributed by atoms with Crippen LogP contribution in [0.15, 0.2) is 90.0 Å². The Hall–Kier alpha value is -3.83. The zero-order chi connectivity index (χ0) is 30.3. The molecular formula is C24H18N10O5S5V. The van der Waals surface area contributed by atoms with Crippen LogP contribution in [0.1, 0.15) is 19.5 Å². The van der Waals surface area contributed by atoms with Gasteiger partial charge in [0.1, 0.15) is 0 Å². The Bertz CT molecular complexity index is 1620. The largest absolute Gasteiger partial charge is 4.00 e. The van der Waals surface area contributed by atoms with Crippen LogP contribution in [0.4, 0.5) is 23.8 Å². The normalized spacial score (nSPS) is 11.2. The molecule has 0 saturated carbocycles. The second-order valence-electron chi connectivity index (χ2n) is 7.42. The molecule has 0 spiro atoms. The van der Waals surface area contributed by atoms with Crippen LogP contribution in [0.25, 0.3) is 0 Å². The number of hydrogen-bond acceptors (Lipinski definition) is 16. The molecule has 0 saturated heterocycles. The van der Waals surface area contributed by atoms with Gasteiger partial charge < -0.3 is 14.6 Å². The van der Waals surface area contributed by atoms with Crippen molar-refractivity contribution in [2.45, 2.75) is 0 Å². The average molecular weight is 738 g/mol. The standard InChI is InChI=1S/2C12H9N5S2.H2O4S.O.V/c2*1-3-9(18-5-1)7-13-11-15-12(17-16-11)14-8-10-4-2-6-19-10;1-5(2,3)4;;/h2*1-8H,(H,15,16,17);(H2,1,2,3,4);;/q;;;-2;+4/p-2/b2*13-7-,14-8+;;;. The Labute approximate surface area is 284 Å². The number of nitrogens with zero attached hydrogens (tertiary/aromatic N) is 8. The minimum absolute atomic E-state index is 0. The molecule has 1 radical (unpaired) electrons. The summed E-state index contributed by atoms with van der Waals surface area (Å²) in [6.07, 6.45) is 6.97. The molecule has 0 unspecified atom stereocenters. The Kier molecular flexibility index (Phi) is 16.2. The summed E-state index contributed by atoms with van der Waals surface area (Å²) in [4.78, 5) is 29.3. The van der Waals surface area contributed by atoms with Gasteiger partial charge in [0.2, 0.25) is 11.9 Å². The molecule has 0 bridgehead atoms. The molecular weight excluding hydrogens is 720 g/mol. The van der Waals surface area contributed by atoms with Gasteiger partial charge in [-0.1, -0.05) is 24.3 Å². The fraction of sp³-hybridized carbons (Fsp3) is 0. The fourth-order valence-electron chi connectivity index (χ4n) is 2.67. The topological polar surface area (TPSA) is 241 Å². The molecule has 0 aromatic carbocycles. The molecule has 0 fully saturated rings. The molecule has 2 N–H and O–H groups in total. The second-order valence-corrected chi connectivity index (χ2v) is 12.2. The van der Waals surface area contributed by atoms with Gasteiger partial charge in [-0.05, 0) is 45.8 Å². The van der Waals surface area contributed by atoms with Crippen molar-refractivity contribution in [1.82, 2.24) is 30.4 Å². The molecule has 229 valence electrons. The number of aromatic amines is 2. The van der Waals surface area contributed by atoms with Gasteiger partial charge in [-0.2, -0.15) is 9.97 Å². The second kappa shape index (κ2) is 19.5. The first-order valence-electron chi connectivity index (χ1n) is 11.6. The summed E-state index contributed by atoms with van der Waals surface area (Å²) in [5, 5.41) is 21.4. The fourth-order valence-corrected chi connectivity index (χ4v) is 5.01. The maximum absolute atomic E-state index is 8.52. The van der Waals surface area contributed by atoms with E-state index in [4.69, 9.17) is 17.5 Å². The van der Waals surface area contributed by atoms with Crippen molar-refractivity contribution in [3.05, 3.63) is 89.6 Å². The number of thiophene rings is 4. The Morgan fingerprint density at radius 1 is 0.600 bits per heavy atom. The van der Waals surface area contributed by atoms with Crippen molar-refractivity contribution in [1.29, 1.82) is 0 Å². The van der Waals surface area contributed by atoms with Crippen LogP contribution < -0.4 is 0 Å². The number of rotatable bonds is 8. The number of aliphatic imine (C=N–C) groups is 4. The van der Waals surface area contributed by atoms with Gasteiger partial charge in [0.15, 0.2) is 0 Å². The molecule has 0 aliphatic rings. The number of nitrogens with one attached hydrogen (secondary N) is 2. The Morgan fingerprint density at radius 2 is 0.889 bits per heavy atom. The van der Waals surface area contributed by atoms with E-state index in [1.165, 1.54) is 0 Å². The summed E-state index contributed by atoms with van der Waals surface area (Å²) >= 11 is 6.46.